The molecule has 0 aliphatic carbocycles. The van der Waals surface area contributed by atoms with E-state index in [1.165, 1.54) is 5.56 Å². The first kappa shape index (κ1) is 21.5. The highest BCUT2D eigenvalue weighted by Crippen LogP contribution is 2.33. The van der Waals surface area contributed by atoms with E-state index in [4.69, 9.17) is 4.74 Å². The van der Waals surface area contributed by atoms with Crippen LogP contribution in [0.25, 0.3) is 0 Å². The summed E-state index contributed by atoms with van der Waals surface area (Å²) in [5.74, 6) is -0.322. The number of amides is 3. The normalized spacial score (nSPS) is 21.8. The molecule has 3 amide bonds. The van der Waals surface area contributed by atoms with Gasteiger partial charge in [-0.3, -0.25) is 24.6 Å². The molecule has 0 bridgehead atoms. The first-order valence-electron chi connectivity index (χ1n) is 11.4. The molecule has 0 spiro atoms. The zero-order valence-corrected chi connectivity index (χ0v) is 18.6. The fraction of sp³-hybridized carbons (Fsp3) is 0.458. The molecule has 3 aliphatic heterocycles. The number of carbonyl (C=O) groups excluding carboxylic acids is 3. The van der Waals surface area contributed by atoms with Gasteiger partial charge in [-0.25, -0.2) is 9.97 Å². The van der Waals surface area contributed by atoms with Crippen LogP contribution in [0.15, 0.2) is 30.6 Å². The highest BCUT2D eigenvalue weighted by Gasteiger charge is 2.39. The minimum Gasteiger partial charge on any atom is -0.467 e. The lowest BCUT2D eigenvalue weighted by Gasteiger charge is -2.32. The number of carbonyl (C=O) groups is 3. The summed E-state index contributed by atoms with van der Waals surface area (Å²) in [6.45, 7) is 3.20. The molecule has 9 nitrogen and oxygen atoms in total. The van der Waals surface area contributed by atoms with Crippen LogP contribution in [0.4, 0.5) is 0 Å². The van der Waals surface area contributed by atoms with E-state index in [0.717, 1.165) is 43.6 Å². The van der Waals surface area contributed by atoms with Crippen molar-refractivity contribution < 1.29 is 19.1 Å². The summed E-state index contributed by atoms with van der Waals surface area (Å²) in [6, 6.07) is 5.90. The predicted molar refractivity (Wildman–Crippen MR) is 118 cm³/mol. The third kappa shape index (κ3) is 4.32. The third-order valence-electron chi connectivity index (χ3n) is 6.88. The van der Waals surface area contributed by atoms with Gasteiger partial charge in [0.25, 0.3) is 5.91 Å². The molecule has 33 heavy (non-hydrogen) atoms. The maximum absolute atomic E-state index is 12.9. The van der Waals surface area contributed by atoms with E-state index in [9.17, 15) is 14.4 Å². The summed E-state index contributed by atoms with van der Waals surface area (Å²) in [4.78, 5) is 49.0. The van der Waals surface area contributed by atoms with Crippen molar-refractivity contribution in [1.82, 2.24) is 25.1 Å². The Morgan fingerprint density at radius 2 is 1.85 bits per heavy atom. The van der Waals surface area contributed by atoms with Gasteiger partial charge in [0, 0.05) is 43.0 Å². The number of piperidine rings is 2. The highest BCUT2D eigenvalue weighted by molar-refractivity contribution is 6.05. The molecule has 2 saturated heterocycles. The highest BCUT2D eigenvalue weighted by atomic mass is 16.5. The molecule has 1 unspecified atom stereocenters. The number of hydrogen-bond donors (Lipinski definition) is 1. The minimum absolute atomic E-state index is 0.123. The van der Waals surface area contributed by atoms with Crippen molar-refractivity contribution in [2.75, 3.05) is 20.2 Å². The van der Waals surface area contributed by atoms with Crippen molar-refractivity contribution in [2.45, 2.75) is 50.7 Å². The quantitative estimate of drug-likeness (QED) is 0.692. The number of methoxy groups -OCH3 is 1. The molecule has 3 aliphatic rings. The van der Waals surface area contributed by atoms with E-state index in [1.54, 1.807) is 12.0 Å². The van der Waals surface area contributed by atoms with Crippen LogP contribution in [-0.4, -0.2) is 63.7 Å². The zero-order valence-electron chi connectivity index (χ0n) is 18.6. The van der Waals surface area contributed by atoms with E-state index in [2.05, 4.69) is 32.3 Å². The van der Waals surface area contributed by atoms with Gasteiger partial charge in [0.2, 0.25) is 11.8 Å². The Hall–Kier alpha value is -3.33. The maximum Gasteiger partial charge on any atom is 0.316 e. The first-order valence-corrected chi connectivity index (χ1v) is 11.4. The van der Waals surface area contributed by atoms with E-state index < -0.39 is 6.04 Å². The molecule has 9 heteroatoms. The van der Waals surface area contributed by atoms with Crippen molar-refractivity contribution in [3.63, 3.8) is 0 Å². The van der Waals surface area contributed by atoms with Crippen LogP contribution < -0.4 is 10.1 Å². The SMILES string of the molecule is COc1ncc(CN2CCC(c3ccc4c(c3)CN(C3CCC(=O)NC3=O)C4=O)CC2)cn1. The topological polar surface area (TPSA) is 105 Å². The standard InChI is InChI=1S/C24H27N5O4/c1-33-24-25-11-15(12-26-24)13-28-8-6-16(7-9-28)17-2-3-19-18(10-17)14-29(23(19)32)20-4-5-21(30)27-22(20)31/h2-3,10-12,16,20H,4-9,13-14H2,1H3,(H,27,30,31). The van der Waals surface area contributed by atoms with Gasteiger partial charge in [0.05, 0.1) is 7.11 Å². The Kier molecular flexibility index (Phi) is 5.80. The lowest BCUT2D eigenvalue weighted by molar-refractivity contribution is -0.136. The van der Waals surface area contributed by atoms with Gasteiger partial charge in [-0.1, -0.05) is 12.1 Å². The average molecular weight is 450 g/mol. The van der Waals surface area contributed by atoms with Crippen LogP contribution in [0.3, 0.4) is 0 Å². The second-order valence-corrected chi connectivity index (χ2v) is 8.94. The van der Waals surface area contributed by atoms with Crippen LogP contribution in [0, 0.1) is 0 Å². The largest absolute Gasteiger partial charge is 0.467 e. The summed E-state index contributed by atoms with van der Waals surface area (Å²) in [6.07, 6.45) is 6.35. The summed E-state index contributed by atoms with van der Waals surface area (Å²) in [7, 11) is 1.56. The van der Waals surface area contributed by atoms with Crippen LogP contribution >= 0.6 is 0 Å². The van der Waals surface area contributed by atoms with Gasteiger partial charge in [-0.2, -0.15) is 0 Å². The monoisotopic (exact) mass is 449 g/mol. The van der Waals surface area contributed by atoms with Crippen molar-refractivity contribution in [3.05, 3.63) is 52.8 Å². The lowest BCUT2D eigenvalue weighted by atomic mass is 9.88. The molecule has 1 atom stereocenters. The molecular weight excluding hydrogens is 422 g/mol. The average Bonchev–Trinajstić information content (AvgIpc) is 3.15. The summed E-state index contributed by atoms with van der Waals surface area (Å²) in [5.41, 5.74) is 3.96. The van der Waals surface area contributed by atoms with Crippen LogP contribution in [0.1, 0.15) is 58.6 Å². The molecule has 1 aromatic carbocycles. The molecule has 0 saturated carbocycles. The van der Waals surface area contributed by atoms with Gasteiger partial charge >= 0.3 is 6.01 Å². The van der Waals surface area contributed by atoms with Gasteiger partial charge < -0.3 is 9.64 Å². The Morgan fingerprint density at radius 3 is 2.55 bits per heavy atom. The third-order valence-corrected chi connectivity index (χ3v) is 6.88. The smallest absolute Gasteiger partial charge is 0.316 e. The molecule has 5 rings (SSSR count). The fourth-order valence-electron chi connectivity index (χ4n) is 5.06. The van der Waals surface area contributed by atoms with Crippen LogP contribution in [0.5, 0.6) is 6.01 Å². The predicted octanol–water partition coefficient (Wildman–Crippen LogP) is 1.63. The molecule has 1 N–H and O–H groups in total. The van der Waals surface area contributed by atoms with E-state index in [1.807, 2.05) is 18.5 Å². The second kappa shape index (κ2) is 8.90. The number of nitrogens with zero attached hydrogens (tertiary/aromatic N) is 4. The Bertz CT molecular complexity index is 1080. The van der Waals surface area contributed by atoms with Gasteiger partial charge in [-0.15, -0.1) is 0 Å². The minimum atomic E-state index is -0.573. The summed E-state index contributed by atoms with van der Waals surface area (Å²) >= 11 is 0. The van der Waals surface area contributed by atoms with Gasteiger partial charge in [-0.05, 0) is 55.5 Å². The molecule has 1 aromatic heterocycles. The number of rotatable bonds is 5. The molecule has 0 radical (unpaired) electrons. The summed E-state index contributed by atoms with van der Waals surface area (Å²) < 4.78 is 5.02. The number of imide groups is 1. The number of likely N-dealkylation sites (tertiary alicyclic amines) is 1. The fourth-order valence-corrected chi connectivity index (χ4v) is 5.06. The Balaban J connectivity index is 1.21. The molecule has 4 heterocycles. The van der Waals surface area contributed by atoms with E-state index >= 15 is 0 Å². The van der Waals surface area contributed by atoms with E-state index in [-0.39, 0.29) is 24.1 Å². The Labute approximate surface area is 192 Å². The van der Waals surface area contributed by atoms with Crippen LogP contribution in [-0.2, 0) is 22.7 Å². The second-order valence-electron chi connectivity index (χ2n) is 8.94. The first-order chi connectivity index (χ1) is 16.0. The number of nitrogens with one attached hydrogen (secondary N) is 1. The van der Waals surface area contributed by atoms with Crippen molar-refractivity contribution in [1.29, 1.82) is 0 Å². The number of aromatic nitrogens is 2. The van der Waals surface area contributed by atoms with Gasteiger partial charge in [0.1, 0.15) is 6.04 Å². The maximum atomic E-state index is 12.9. The zero-order chi connectivity index (χ0) is 22.9. The summed E-state index contributed by atoms with van der Waals surface area (Å²) in [5, 5.41) is 2.35. The number of fused-ring (bicyclic) bond motifs is 1. The van der Waals surface area contributed by atoms with Crippen molar-refractivity contribution in [3.8, 4) is 6.01 Å². The lowest BCUT2D eigenvalue weighted by Crippen LogP contribution is -2.52. The molecule has 2 aromatic rings. The van der Waals surface area contributed by atoms with Gasteiger partial charge in [0.15, 0.2) is 0 Å². The van der Waals surface area contributed by atoms with Crippen molar-refractivity contribution >= 4 is 17.7 Å². The van der Waals surface area contributed by atoms with Crippen molar-refractivity contribution in [2.24, 2.45) is 0 Å². The Morgan fingerprint density at radius 1 is 1.09 bits per heavy atom. The molecule has 172 valence electrons. The number of ether oxygens (including phenoxy) is 1. The number of hydrogen-bond acceptors (Lipinski definition) is 7. The number of benzene rings is 1. The molecular formula is C24H27N5O4. The molecule has 2 fully saturated rings. The van der Waals surface area contributed by atoms with Crippen LogP contribution in [0.2, 0.25) is 0 Å². The van der Waals surface area contributed by atoms with E-state index in [0.29, 0.717) is 30.5 Å².